The molecule has 0 aliphatic carbocycles. The van der Waals surface area contributed by atoms with E-state index in [2.05, 4.69) is 25.8 Å². The minimum atomic E-state index is -0.408. The van der Waals surface area contributed by atoms with Crippen LogP contribution in [-0.4, -0.2) is 21.1 Å². The second kappa shape index (κ2) is 7.28. The summed E-state index contributed by atoms with van der Waals surface area (Å²) < 4.78 is 12.8. The zero-order valence-corrected chi connectivity index (χ0v) is 12.6. The molecule has 7 heteroatoms. The van der Waals surface area contributed by atoms with E-state index in [1.54, 1.807) is 24.5 Å². The molecule has 1 amide bonds. The molecular formula is C17H14FN5O. The van der Waals surface area contributed by atoms with Crippen molar-refractivity contribution >= 4 is 17.4 Å². The number of carbonyl (C=O) groups is 1. The molecule has 0 aliphatic rings. The van der Waals surface area contributed by atoms with Crippen LogP contribution in [0.4, 0.5) is 15.9 Å². The summed E-state index contributed by atoms with van der Waals surface area (Å²) in [6, 6.07) is 12.5. The third kappa shape index (κ3) is 4.10. The van der Waals surface area contributed by atoms with Gasteiger partial charge in [0.2, 0.25) is 0 Å². The highest BCUT2D eigenvalue weighted by molar-refractivity contribution is 6.02. The summed E-state index contributed by atoms with van der Waals surface area (Å²) in [4.78, 5) is 16.0. The van der Waals surface area contributed by atoms with Gasteiger partial charge in [-0.1, -0.05) is 0 Å². The Morgan fingerprint density at radius 2 is 1.71 bits per heavy atom. The first-order valence-electron chi connectivity index (χ1n) is 7.24. The molecule has 0 saturated heterocycles. The zero-order valence-electron chi connectivity index (χ0n) is 12.6. The van der Waals surface area contributed by atoms with Crippen LogP contribution < -0.4 is 10.6 Å². The van der Waals surface area contributed by atoms with E-state index >= 15 is 0 Å². The van der Waals surface area contributed by atoms with Crippen LogP contribution in [0.15, 0.2) is 60.9 Å². The second-order valence-corrected chi connectivity index (χ2v) is 4.97. The van der Waals surface area contributed by atoms with Crippen LogP contribution in [0, 0.1) is 5.82 Å². The van der Waals surface area contributed by atoms with Crippen LogP contribution in [0.25, 0.3) is 0 Å². The van der Waals surface area contributed by atoms with Crippen molar-refractivity contribution in [1.82, 2.24) is 15.2 Å². The maximum Gasteiger partial charge on any atom is 0.276 e. The maximum atomic E-state index is 12.8. The topological polar surface area (TPSA) is 79.8 Å². The minimum absolute atomic E-state index is 0.175. The lowest BCUT2D eigenvalue weighted by Crippen LogP contribution is -2.14. The molecule has 3 rings (SSSR count). The summed E-state index contributed by atoms with van der Waals surface area (Å²) in [5, 5.41) is 13.6. The van der Waals surface area contributed by atoms with Crippen molar-refractivity contribution in [3.8, 4) is 0 Å². The molecule has 120 valence electrons. The Hall–Kier alpha value is -3.35. The highest BCUT2D eigenvalue weighted by Gasteiger charge is 2.08. The third-order valence-electron chi connectivity index (χ3n) is 3.22. The number of hydrogen-bond donors (Lipinski definition) is 2. The van der Waals surface area contributed by atoms with Gasteiger partial charge in [0.05, 0.1) is 0 Å². The summed E-state index contributed by atoms with van der Waals surface area (Å²) in [5.41, 5.74) is 1.72. The molecule has 3 aromatic rings. The Morgan fingerprint density at radius 3 is 2.38 bits per heavy atom. The molecule has 0 fully saturated rings. The van der Waals surface area contributed by atoms with E-state index in [1.807, 2.05) is 12.1 Å². The summed E-state index contributed by atoms with van der Waals surface area (Å²) in [6.07, 6.45) is 3.43. The molecule has 1 aromatic carbocycles. The van der Waals surface area contributed by atoms with Gasteiger partial charge in [-0.15, -0.1) is 10.2 Å². The van der Waals surface area contributed by atoms with Crippen molar-refractivity contribution in [1.29, 1.82) is 0 Å². The number of pyridine rings is 1. The highest BCUT2D eigenvalue weighted by Crippen LogP contribution is 2.10. The number of hydrogen-bond acceptors (Lipinski definition) is 5. The van der Waals surface area contributed by atoms with Crippen molar-refractivity contribution in [2.75, 3.05) is 10.6 Å². The van der Waals surface area contributed by atoms with Gasteiger partial charge in [0, 0.05) is 24.6 Å². The van der Waals surface area contributed by atoms with Crippen LogP contribution in [-0.2, 0) is 6.54 Å². The smallest absolute Gasteiger partial charge is 0.276 e. The molecule has 6 nitrogen and oxygen atoms in total. The molecule has 0 aliphatic heterocycles. The van der Waals surface area contributed by atoms with Crippen molar-refractivity contribution < 1.29 is 9.18 Å². The van der Waals surface area contributed by atoms with Crippen LogP contribution in [0.1, 0.15) is 16.1 Å². The molecule has 24 heavy (non-hydrogen) atoms. The van der Waals surface area contributed by atoms with E-state index in [1.165, 1.54) is 24.3 Å². The van der Waals surface area contributed by atoms with Gasteiger partial charge < -0.3 is 10.6 Å². The fourth-order valence-corrected chi connectivity index (χ4v) is 1.97. The van der Waals surface area contributed by atoms with Gasteiger partial charge in [0.15, 0.2) is 5.69 Å². The van der Waals surface area contributed by atoms with E-state index in [0.717, 1.165) is 5.56 Å². The lowest BCUT2D eigenvalue weighted by molar-refractivity contribution is 0.102. The minimum Gasteiger partial charge on any atom is -0.365 e. The number of carbonyl (C=O) groups excluding carboxylic acids is 1. The summed E-state index contributed by atoms with van der Waals surface area (Å²) in [6.45, 7) is 0.582. The molecule has 0 unspecified atom stereocenters. The molecule has 0 atom stereocenters. The standard InChI is InChI=1S/C17H14FN5O/c18-13-1-3-14(4-2-13)21-17(24)15-5-6-16(23-22-15)20-11-12-7-9-19-10-8-12/h1-10H,11H2,(H,20,23)(H,21,24). The second-order valence-electron chi connectivity index (χ2n) is 4.97. The fraction of sp³-hybridized carbons (Fsp3) is 0.0588. The molecule has 2 N–H and O–H groups in total. The van der Waals surface area contributed by atoms with E-state index in [0.29, 0.717) is 18.1 Å². The lowest BCUT2D eigenvalue weighted by atomic mass is 10.2. The first kappa shape index (κ1) is 15.5. The van der Waals surface area contributed by atoms with Crippen molar-refractivity contribution in [3.63, 3.8) is 0 Å². The molecule has 0 saturated carbocycles. The predicted molar refractivity (Wildman–Crippen MR) is 87.9 cm³/mol. The van der Waals surface area contributed by atoms with Crippen molar-refractivity contribution in [2.24, 2.45) is 0 Å². The summed E-state index contributed by atoms with van der Waals surface area (Å²) in [7, 11) is 0. The lowest BCUT2D eigenvalue weighted by Gasteiger charge is -2.06. The van der Waals surface area contributed by atoms with E-state index in [4.69, 9.17) is 0 Å². The van der Waals surface area contributed by atoms with E-state index in [9.17, 15) is 9.18 Å². The van der Waals surface area contributed by atoms with Gasteiger partial charge in [-0.2, -0.15) is 0 Å². The Bertz CT molecular complexity index is 807. The van der Waals surface area contributed by atoms with Crippen molar-refractivity contribution in [2.45, 2.75) is 6.54 Å². The van der Waals surface area contributed by atoms with Crippen LogP contribution in [0.3, 0.4) is 0 Å². The molecular weight excluding hydrogens is 309 g/mol. The molecule has 2 heterocycles. The van der Waals surface area contributed by atoms with E-state index in [-0.39, 0.29) is 11.5 Å². The Kier molecular flexibility index (Phi) is 4.71. The van der Waals surface area contributed by atoms with Gasteiger partial charge in [-0.05, 0) is 54.1 Å². The van der Waals surface area contributed by atoms with Gasteiger partial charge >= 0.3 is 0 Å². The van der Waals surface area contributed by atoms with Crippen LogP contribution >= 0.6 is 0 Å². The Balaban J connectivity index is 1.59. The predicted octanol–water partition coefficient (Wildman–Crippen LogP) is 2.88. The maximum absolute atomic E-state index is 12.8. The molecule has 0 spiro atoms. The van der Waals surface area contributed by atoms with Gasteiger partial charge in [0.25, 0.3) is 5.91 Å². The first-order valence-corrected chi connectivity index (χ1v) is 7.24. The number of anilines is 2. The number of halogens is 1. The van der Waals surface area contributed by atoms with Crippen molar-refractivity contribution in [3.05, 3.63) is 78.0 Å². The molecule has 0 radical (unpaired) electrons. The van der Waals surface area contributed by atoms with Crippen LogP contribution in [0.2, 0.25) is 0 Å². The average Bonchev–Trinajstić information content (AvgIpc) is 2.63. The normalized spacial score (nSPS) is 10.2. The van der Waals surface area contributed by atoms with E-state index < -0.39 is 5.91 Å². The zero-order chi connectivity index (χ0) is 16.8. The quantitative estimate of drug-likeness (QED) is 0.755. The number of rotatable bonds is 5. The first-order chi connectivity index (χ1) is 11.7. The van der Waals surface area contributed by atoms with Gasteiger partial charge in [0.1, 0.15) is 11.6 Å². The largest absolute Gasteiger partial charge is 0.365 e. The Labute approximate surface area is 137 Å². The molecule has 2 aromatic heterocycles. The third-order valence-corrected chi connectivity index (χ3v) is 3.22. The number of amides is 1. The van der Waals surface area contributed by atoms with Crippen LogP contribution in [0.5, 0.6) is 0 Å². The average molecular weight is 323 g/mol. The van der Waals surface area contributed by atoms with Gasteiger partial charge in [-0.25, -0.2) is 4.39 Å². The summed E-state index contributed by atoms with van der Waals surface area (Å²) in [5.74, 6) is -0.211. The number of benzene rings is 1. The highest BCUT2D eigenvalue weighted by atomic mass is 19.1. The monoisotopic (exact) mass is 323 g/mol. The summed E-state index contributed by atoms with van der Waals surface area (Å²) >= 11 is 0. The number of nitrogens with one attached hydrogen (secondary N) is 2. The Morgan fingerprint density at radius 1 is 0.958 bits per heavy atom. The number of aromatic nitrogens is 3. The van der Waals surface area contributed by atoms with Gasteiger partial charge in [-0.3, -0.25) is 9.78 Å². The molecule has 0 bridgehead atoms. The SMILES string of the molecule is O=C(Nc1ccc(F)cc1)c1ccc(NCc2ccncc2)nn1. The number of nitrogens with zero attached hydrogens (tertiary/aromatic N) is 3. The fourth-order valence-electron chi connectivity index (χ4n) is 1.97.